The zero-order valence-corrected chi connectivity index (χ0v) is 11.4. The van der Waals surface area contributed by atoms with Gasteiger partial charge in [-0.1, -0.05) is 12.1 Å². The number of carbonyl (C=O) groups excluding carboxylic acids is 2. The van der Waals surface area contributed by atoms with E-state index in [1.54, 1.807) is 45.0 Å². The van der Waals surface area contributed by atoms with Crippen LogP contribution in [0.1, 0.15) is 31.1 Å². The lowest BCUT2D eigenvalue weighted by Crippen LogP contribution is -2.44. The van der Waals surface area contributed by atoms with Gasteiger partial charge in [0, 0.05) is 0 Å². The molecule has 6 heteroatoms. The van der Waals surface area contributed by atoms with E-state index >= 15 is 0 Å². The zero-order valence-electron chi connectivity index (χ0n) is 11.4. The first-order valence-corrected chi connectivity index (χ1v) is 5.76. The Morgan fingerprint density at radius 1 is 1.11 bits per heavy atom. The molecule has 0 fully saturated rings. The number of rotatable bonds is 2. The molecule has 0 unspecified atom stereocenters. The summed E-state index contributed by atoms with van der Waals surface area (Å²) in [4.78, 5) is 23.2. The molecule has 1 aromatic rings. The third-order valence-electron chi connectivity index (χ3n) is 2.03. The van der Waals surface area contributed by atoms with Gasteiger partial charge in [0.15, 0.2) is 0 Å². The van der Waals surface area contributed by atoms with Crippen molar-refractivity contribution in [1.82, 2.24) is 10.9 Å². The van der Waals surface area contributed by atoms with Crippen molar-refractivity contribution in [2.75, 3.05) is 7.11 Å². The van der Waals surface area contributed by atoms with Crippen molar-refractivity contribution in [2.45, 2.75) is 26.4 Å². The molecule has 0 atom stereocenters. The molecular formula is C13H18N2O4. The number of carbonyl (C=O) groups is 2. The van der Waals surface area contributed by atoms with Gasteiger partial charge in [0.2, 0.25) is 0 Å². The molecule has 0 heterocycles. The summed E-state index contributed by atoms with van der Waals surface area (Å²) in [6.07, 6.45) is -0.726. The molecule has 0 aliphatic carbocycles. The van der Waals surface area contributed by atoms with Crippen LogP contribution in [0.5, 0.6) is 5.75 Å². The van der Waals surface area contributed by atoms with Gasteiger partial charge in [-0.15, -0.1) is 0 Å². The molecule has 0 radical (unpaired) electrons. The summed E-state index contributed by atoms with van der Waals surface area (Å²) in [5.74, 6) is -0.0608. The fraction of sp³-hybridized carbons (Fsp3) is 0.385. The molecule has 2 amide bonds. The number of hydrazine groups is 1. The van der Waals surface area contributed by atoms with E-state index < -0.39 is 17.6 Å². The van der Waals surface area contributed by atoms with Gasteiger partial charge in [-0.05, 0) is 32.9 Å². The molecule has 0 spiro atoms. The largest absolute Gasteiger partial charge is 0.496 e. The molecule has 104 valence electrons. The summed E-state index contributed by atoms with van der Waals surface area (Å²) >= 11 is 0. The second-order valence-corrected chi connectivity index (χ2v) is 4.78. The highest BCUT2D eigenvalue weighted by Gasteiger charge is 2.17. The SMILES string of the molecule is COc1ccccc1C(=O)NNC(=O)OC(C)(C)C. The number of amides is 2. The maximum atomic E-state index is 11.8. The van der Waals surface area contributed by atoms with E-state index in [-0.39, 0.29) is 0 Å². The van der Waals surface area contributed by atoms with E-state index in [1.165, 1.54) is 7.11 Å². The smallest absolute Gasteiger partial charge is 0.426 e. The van der Waals surface area contributed by atoms with Gasteiger partial charge in [-0.3, -0.25) is 10.2 Å². The van der Waals surface area contributed by atoms with Crippen LogP contribution in [0.4, 0.5) is 4.79 Å². The van der Waals surface area contributed by atoms with Crippen LogP contribution in [0, 0.1) is 0 Å². The fourth-order valence-corrected chi connectivity index (χ4v) is 1.31. The average Bonchev–Trinajstić information content (AvgIpc) is 2.33. The summed E-state index contributed by atoms with van der Waals surface area (Å²) in [6.45, 7) is 5.19. The summed E-state index contributed by atoms with van der Waals surface area (Å²) in [6, 6.07) is 6.69. The standard InChI is InChI=1S/C13H18N2O4/c1-13(2,3)19-12(17)15-14-11(16)9-7-5-6-8-10(9)18-4/h5-8H,1-4H3,(H,14,16)(H,15,17). The van der Waals surface area contributed by atoms with E-state index in [4.69, 9.17) is 9.47 Å². The van der Waals surface area contributed by atoms with E-state index in [9.17, 15) is 9.59 Å². The van der Waals surface area contributed by atoms with Crippen molar-refractivity contribution in [3.63, 3.8) is 0 Å². The molecule has 2 N–H and O–H groups in total. The van der Waals surface area contributed by atoms with Gasteiger partial charge < -0.3 is 9.47 Å². The van der Waals surface area contributed by atoms with Crippen LogP contribution in [-0.4, -0.2) is 24.7 Å². The molecule has 0 aromatic heterocycles. The monoisotopic (exact) mass is 266 g/mol. The molecule has 0 saturated heterocycles. The van der Waals surface area contributed by atoms with Crippen molar-refractivity contribution < 1.29 is 19.1 Å². The topological polar surface area (TPSA) is 76.7 Å². The molecule has 1 rings (SSSR count). The van der Waals surface area contributed by atoms with E-state index in [1.807, 2.05) is 0 Å². The van der Waals surface area contributed by atoms with Gasteiger partial charge in [0.05, 0.1) is 12.7 Å². The lowest BCUT2D eigenvalue weighted by Gasteiger charge is -2.19. The van der Waals surface area contributed by atoms with Crippen LogP contribution in [0.2, 0.25) is 0 Å². The Hall–Kier alpha value is -2.24. The fourth-order valence-electron chi connectivity index (χ4n) is 1.31. The summed E-state index contributed by atoms with van der Waals surface area (Å²) in [5, 5.41) is 0. The lowest BCUT2D eigenvalue weighted by molar-refractivity contribution is 0.0483. The van der Waals surface area contributed by atoms with Crippen molar-refractivity contribution in [1.29, 1.82) is 0 Å². The minimum absolute atomic E-state index is 0.320. The van der Waals surface area contributed by atoms with Crippen LogP contribution in [0.25, 0.3) is 0 Å². The Morgan fingerprint density at radius 3 is 2.32 bits per heavy atom. The van der Waals surface area contributed by atoms with Gasteiger partial charge in [-0.2, -0.15) is 0 Å². The molecule has 1 aromatic carbocycles. The summed E-state index contributed by atoms with van der Waals surface area (Å²) < 4.78 is 10.0. The number of para-hydroxylation sites is 1. The molecule has 19 heavy (non-hydrogen) atoms. The molecule has 0 bridgehead atoms. The van der Waals surface area contributed by atoms with Gasteiger partial charge >= 0.3 is 6.09 Å². The average molecular weight is 266 g/mol. The predicted octanol–water partition coefficient (Wildman–Crippen LogP) is 1.86. The van der Waals surface area contributed by atoms with Crippen molar-refractivity contribution in [3.05, 3.63) is 29.8 Å². The Labute approximate surface area is 112 Å². The molecule has 0 aliphatic heterocycles. The second-order valence-electron chi connectivity index (χ2n) is 4.78. The maximum absolute atomic E-state index is 11.8. The first-order chi connectivity index (χ1) is 8.83. The van der Waals surface area contributed by atoms with Crippen LogP contribution in [0.3, 0.4) is 0 Å². The second kappa shape index (κ2) is 6.08. The summed E-state index contributed by atoms with van der Waals surface area (Å²) in [5.41, 5.74) is 4.12. The quantitative estimate of drug-likeness (QED) is 0.801. The Morgan fingerprint density at radius 2 is 1.74 bits per heavy atom. The molecule has 6 nitrogen and oxygen atoms in total. The zero-order chi connectivity index (χ0) is 14.5. The number of nitrogens with one attached hydrogen (secondary N) is 2. The summed E-state index contributed by atoms with van der Waals surface area (Å²) in [7, 11) is 1.47. The van der Waals surface area contributed by atoms with E-state index in [2.05, 4.69) is 10.9 Å². The Balaban J connectivity index is 2.59. The first-order valence-electron chi connectivity index (χ1n) is 5.76. The van der Waals surface area contributed by atoms with Gasteiger partial charge in [0.1, 0.15) is 11.4 Å². The van der Waals surface area contributed by atoms with E-state index in [0.29, 0.717) is 11.3 Å². The maximum Gasteiger partial charge on any atom is 0.426 e. The van der Waals surface area contributed by atoms with E-state index in [0.717, 1.165) is 0 Å². The Kier molecular flexibility index (Phi) is 4.74. The van der Waals surface area contributed by atoms with Crippen molar-refractivity contribution >= 4 is 12.0 Å². The third-order valence-corrected chi connectivity index (χ3v) is 2.03. The normalized spacial score (nSPS) is 10.5. The highest BCUT2D eigenvalue weighted by Crippen LogP contribution is 2.16. The van der Waals surface area contributed by atoms with Crippen LogP contribution in [-0.2, 0) is 4.74 Å². The number of methoxy groups -OCH3 is 1. The molecule has 0 aliphatic rings. The number of hydrogen-bond acceptors (Lipinski definition) is 4. The van der Waals surface area contributed by atoms with Crippen LogP contribution >= 0.6 is 0 Å². The number of benzene rings is 1. The van der Waals surface area contributed by atoms with Crippen molar-refractivity contribution in [3.8, 4) is 5.75 Å². The van der Waals surface area contributed by atoms with Crippen LogP contribution in [0.15, 0.2) is 24.3 Å². The van der Waals surface area contributed by atoms with Gasteiger partial charge in [-0.25, -0.2) is 10.2 Å². The first kappa shape index (κ1) is 14.8. The Bertz CT molecular complexity index is 466. The predicted molar refractivity (Wildman–Crippen MR) is 69.8 cm³/mol. The highest BCUT2D eigenvalue weighted by atomic mass is 16.6. The lowest BCUT2D eigenvalue weighted by atomic mass is 10.2. The van der Waals surface area contributed by atoms with Crippen molar-refractivity contribution in [2.24, 2.45) is 0 Å². The highest BCUT2D eigenvalue weighted by molar-refractivity contribution is 5.97. The van der Waals surface area contributed by atoms with Crippen LogP contribution < -0.4 is 15.6 Å². The minimum atomic E-state index is -0.726. The number of ether oxygens (including phenoxy) is 2. The van der Waals surface area contributed by atoms with Gasteiger partial charge in [0.25, 0.3) is 5.91 Å². The minimum Gasteiger partial charge on any atom is -0.496 e. The number of hydrogen-bond donors (Lipinski definition) is 2. The molecular weight excluding hydrogens is 248 g/mol. The molecule has 0 saturated carbocycles. The third kappa shape index (κ3) is 4.87.